The number of nitrogens with one attached hydrogen (secondary N) is 1. The van der Waals surface area contributed by atoms with Gasteiger partial charge in [-0.1, -0.05) is 0 Å². The van der Waals surface area contributed by atoms with Crippen molar-refractivity contribution in [2.24, 2.45) is 0 Å². The highest BCUT2D eigenvalue weighted by Gasteiger charge is 2.23. The van der Waals surface area contributed by atoms with E-state index in [2.05, 4.69) is 15.5 Å². The first kappa shape index (κ1) is 7.73. The Bertz CT molecular complexity index is 432. The Kier molecular flexibility index (Phi) is 1.47. The molecular weight excluding hydrogens is 180 g/mol. The molecule has 72 valence electrons. The van der Waals surface area contributed by atoms with Crippen molar-refractivity contribution >= 4 is 11.7 Å². The molecule has 1 amide bonds. The van der Waals surface area contributed by atoms with E-state index >= 15 is 0 Å². The summed E-state index contributed by atoms with van der Waals surface area (Å²) in [5, 5.41) is 11.1. The third-order valence-corrected chi connectivity index (χ3v) is 2.59. The van der Waals surface area contributed by atoms with Crippen LogP contribution in [0.4, 0.5) is 0 Å². The normalized spacial score (nSPS) is 19.4. The van der Waals surface area contributed by atoms with E-state index in [1.165, 1.54) is 0 Å². The fraction of sp³-hybridized carbons (Fsp3) is 0.444. The topological polar surface area (TPSA) is 59.8 Å². The summed E-state index contributed by atoms with van der Waals surface area (Å²) in [4.78, 5) is 11.3. The first-order chi connectivity index (χ1) is 6.84. The number of hydrogen-bond donors (Lipinski definition) is 1. The summed E-state index contributed by atoms with van der Waals surface area (Å²) in [6, 6.07) is 0. The van der Waals surface area contributed by atoms with E-state index in [0.29, 0.717) is 12.8 Å². The Morgan fingerprint density at radius 1 is 1.21 bits per heavy atom. The van der Waals surface area contributed by atoms with Crippen molar-refractivity contribution in [2.45, 2.75) is 25.7 Å². The van der Waals surface area contributed by atoms with Gasteiger partial charge in [0.25, 0.3) is 0 Å². The minimum Gasteiger partial charge on any atom is -0.312 e. The summed E-state index contributed by atoms with van der Waals surface area (Å²) >= 11 is 0. The third-order valence-electron chi connectivity index (χ3n) is 2.59. The second kappa shape index (κ2) is 2.67. The average molecular weight is 190 g/mol. The second-order valence-electron chi connectivity index (χ2n) is 3.54. The van der Waals surface area contributed by atoms with E-state index in [0.717, 1.165) is 30.3 Å². The van der Waals surface area contributed by atoms with Crippen LogP contribution in [0, 0.1) is 0 Å². The molecule has 1 aromatic rings. The zero-order valence-corrected chi connectivity index (χ0v) is 7.66. The van der Waals surface area contributed by atoms with Gasteiger partial charge >= 0.3 is 0 Å². The van der Waals surface area contributed by atoms with Crippen molar-refractivity contribution < 1.29 is 4.79 Å². The van der Waals surface area contributed by atoms with E-state index in [1.54, 1.807) is 0 Å². The van der Waals surface area contributed by atoms with Gasteiger partial charge in [0.15, 0.2) is 0 Å². The fourth-order valence-corrected chi connectivity index (χ4v) is 1.92. The lowest BCUT2D eigenvalue weighted by Crippen LogP contribution is -2.24. The number of aromatic nitrogens is 3. The van der Waals surface area contributed by atoms with Gasteiger partial charge < -0.3 is 5.32 Å². The lowest BCUT2D eigenvalue weighted by Gasteiger charge is -2.15. The Labute approximate surface area is 80.8 Å². The van der Waals surface area contributed by atoms with Crippen LogP contribution in [-0.2, 0) is 17.6 Å². The molecule has 0 aromatic carbocycles. The Balaban J connectivity index is 2.17. The van der Waals surface area contributed by atoms with Gasteiger partial charge in [-0.15, -0.1) is 10.2 Å². The number of nitrogens with zero attached hydrogens (tertiary/aromatic N) is 3. The summed E-state index contributed by atoms with van der Waals surface area (Å²) in [7, 11) is 0. The van der Waals surface area contributed by atoms with Crippen LogP contribution in [0.1, 0.15) is 24.5 Å². The van der Waals surface area contributed by atoms with Crippen molar-refractivity contribution in [3.63, 3.8) is 0 Å². The Morgan fingerprint density at radius 2 is 2.00 bits per heavy atom. The van der Waals surface area contributed by atoms with Gasteiger partial charge in [-0.2, -0.15) is 0 Å². The molecule has 3 heterocycles. The van der Waals surface area contributed by atoms with Crippen LogP contribution in [0.3, 0.4) is 0 Å². The summed E-state index contributed by atoms with van der Waals surface area (Å²) in [6.07, 6.45) is 5.04. The van der Waals surface area contributed by atoms with E-state index in [-0.39, 0.29) is 5.91 Å². The Morgan fingerprint density at radius 3 is 2.86 bits per heavy atom. The molecule has 0 aliphatic carbocycles. The zero-order chi connectivity index (χ0) is 9.54. The fourth-order valence-electron chi connectivity index (χ4n) is 1.92. The molecule has 0 radical (unpaired) electrons. The molecule has 0 atom stereocenters. The largest absolute Gasteiger partial charge is 0.312 e. The number of aryl methyl sites for hydroxylation is 2. The highest BCUT2D eigenvalue weighted by atomic mass is 16.1. The van der Waals surface area contributed by atoms with Crippen LogP contribution in [0.15, 0.2) is 6.08 Å². The molecule has 0 spiro atoms. The molecule has 5 nitrogen and oxygen atoms in total. The van der Waals surface area contributed by atoms with Gasteiger partial charge in [0.05, 0.1) is 0 Å². The van der Waals surface area contributed by atoms with Crippen LogP contribution in [0.2, 0.25) is 0 Å². The summed E-state index contributed by atoms with van der Waals surface area (Å²) in [5.74, 6) is 2.76. The average Bonchev–Trinajstić information content (AvgIpc) is 2.51. The molecule has 1 N–H and O–H groups in total. The van der Waals surface area contributed by atoms with Crippen molar-refractivity contribution in [3.05, 3.63) is 17.7 Å². The molecule has 0 saturated carbocycles. The number of carbonyl (C=O) groups excluding carboxylic acids is 1. The molecule has 0 unspecified atom stereocenters. The highest BCUT2D eigenvalue weighted by molar-refractivity contribution is 5.84. The van der Waals surface area contributed by atoms with Gasteiger partial charge in [-0.05, 0) is 12.5 Å². The zero-order valence-electron chi connectivity index (χ0n) is 7.66. The van der Waals surface area contributed by atoms with Crippen LogP contribution in [-0.4, -0.2) is 20.7 Å². The first-order valence-electron chi connectivity index (χ1n) is 4.78. The smallest absolute Gasteiger partial charge is 0.225 e. The Hall–Kier alpha value is -1.65. The standard InChI is InChI=1S/C9H10N4O/c14-9-5-4-8-12-11-7-3-1-2-6(10-9)13(7)8/h2H,1,3-5H2,(H,10,14). The number of rotatable bonds is 0. The lowest BCUT2D eigenvalue weighted by atomic mass is 10.2. The second-order valence-corrected chi connectivity index (χ2v) is 3.54. The van der Waals surface area contributed by atoms with Crippen LogP contribution < -0.4 is 5.32 Å². The van der Waals surface area contributed by atoms with Gasteiger partial charge in [0.1, 0.15) is 17.5 Å². The molecule has 5 heteroatoms. The van der Waals surface area contributed by atoms with Crippen LogP contribution in [0.5, 0.6) is 0 Å². The number of hydrogen-bond acceptors (Lipinski definition) is 3. The third kappa shape index (κ3) is 0.982. The van der Waals surface area contributed by atoms with Crippen molar-refractivity contribution in [1.29, 1.82) is 0 Å². The molecule has 3 rings (SSSR count). The van der Waals surface area contributed by atoms with E-state index in [1.807, 2.05) is 10.6 Å². The van der Waals surface area contributed by atoms with Crippen LogP contribution >= 0.6 is 0 Å². The van der Waals surface area contributed by atoms with Gasteiger partial charge in [0.2, 0.25) is 5.91 Å². The SMILES string of the molecule is O=C1CCc2nnc3n2C(=CCC3)N1. The number of carbonyl (C=O) groups is 1. The molecule has 2 aliphatic heterocycles. The summed E-state index contributed by atoms with van der Waals surface area (Å²) in [5.41, 5.74) is 0. The van der Waals surface area contributed by atoms with E-state index in [4.69, 9.17) is 0 Å². The molecule has 2 aliphatic rings. The van der Waals surface area contributed by atoms with Gasteiger partial charge in [0, 0.05) is 19.3 Å². The summed E-state index contributed by atoms with van der Waals surface area (Å²) in [6.45, 7) is 0. The molecule has 1 aromatic heterocycles. The van der Waals surface area contributed by atoms with E-state index < -0.39 is 0 Å². The predicted molar refractivity (Wildman–Crippen MR) is 49.1 cm³/mol. The minimum atomic E-state index is 0.0644. The molecular formula is C9H10N4O. The predicted octanol–water partition coefficient (Wildman–Crippen LogP) is 0.0851. The minimum absolute atomic E-state index is 0.0644. The number of allylic oxidation sites excluding steroid dienone is 1. The van der Waals surface area contributed by atoms with Crippen molar-refractivity contribution in [3.8, 4) is 0 Å². The molecule has 0 bridgehead atoms. The van der Waals surface area contributed by atoms with Crippen LogP contribution in [0.25, 0.3) is 5.82 Å². The highest BCUT2D eigenvalue weighted by Crippen LogP contribution is 2.20. The molecule has 0 fully saturated rings. The maximum Gasteiger partial charge on any atom is 0.225 e. The number of amides is 1. The molecule has 0 saturated heterocycles. The maximum absolute atomic E-state index is 11.3. The monoisotopic (exact) mass is 190 g/mol. The van der Waals surface area contributed by atoms with Gasteiger partial charge in [-0.25, -0.2) is 0 Å². The maximum atomic E-state index is 11.3. The summed E-state index contributed by atoms with van der Waals surface area (Å²) < 4.78 is 1.97. The van der Waals surface area contributed by atoms with E-state index in [9.17, 15) is 4.79 Å². The molecule has 14 heavy (non-hydrogen) atoms. The lowest BCUT2D eigenvalue weighted by molar-refractivity contribution is -0.119. The van der Waals surface area contributed by atoms with Crippen molar-refractivity contribution in [1.82, 2.24) is 20.1 Å². The van der Waals surface area contributed by atoms with Gasteiger partial charge in [-0.3, -0.25) is 9.36 Å². The quantitative estimate of drug-likeness (QED) is 0.630. The first-order valence-corrected chi connectivity index (χ1v) is 4.78. The van der Waals surface area contributed by atoms with Crippen molar-refractivity contribution in [2.75, 3.05) is 0 Å².